The van der Waals surface area contributed by atoms with Crippen molar-refractivity contribution < 1.29 is 9.53 Å². The Labute approximate surface area is 129 Å². The van der Waals surface area contributed by atoms with Crippen molar-refractivity contribution in [3.8, 4) is 0 Å². The summed E-state index contributed by atoms with van der Waals surface area (Å²) in [5.74, 6) is 0.898. The van der Waals surface area contributed by atoms with Crippen LogP contribution in [0.4, 0.5) is 0 Å². The van der Waals surface area contributed by atoms with Crippen LogP contribution < -0.4 is 5.32 Å². The summed E-state index contributed by atoms with van der Waals surface area (Å²) in [6, 6.07) is 5.60. The Morgan fingerprint density at radius 2 is 2.29 bits per heavy atom. The van der Waals surface area contributed by atoms with E-state index in [1.807, 2.05) is 36.6 Å². The van der Waals surface area contributed by atoms with E-state index in [1.54, 1.807) is 7.11 Å². The molecule has 1 N–H and O–H groups in total. The summed E-state index contributed by atoms with van der Waals surface area (Å²) in [6.07, 6.45) is 0. The maximum atomic E-state index is 12.3. The summed E-state index contributed by atoms with van der Waals surface area (Å²) in [7, 11) is 1.60. The molecule has 1 amide bonds. The van der Waals surface area contributed by atoms with E-state index < -0.39 is 0 Å². The molecule has 0 radical (unpaired) electrons. The lowest BCUT2D eigenvalue weighted by atomic mass is 10.2. The van der Waals surface area contributed by atoms with Gasteiger partial charge in [-0.05, 0) is 31.5 Å². The first kappa shape index (κ1) is 15.8. The van der Waals surface area contributed by atoms with Gasteiger partial charge < -0.3 is 14.6 Å². The lowest BCUT2D eigenvalue weighted by molar-refractivity contribution is -0.124. The lowest BCUT2D eigenvalue weighted by Gasteiger charge is -2.17. The molecule has 114 valence electrons. The molecule has 0 spiro atoms. The van der Waals surface area contributed by atoms with Gasteiger partial charge in [0.05, 0.1) is 23.5 Å². The molecule has 1 unspecified atom stereocenters. The number of alkyl halides is 1. The molecule has 0 fully saturated rings. The SMILES string of the molecule is COCCNC(=O)C(C)n1c(CCl)nc2ccc(C)cc21. The Balaban J connectivity index is 2.34. The zero-order valence-corrected chi connectivity index (χ0v) is 13.3. The molecule has 2 rings (SSSR count). The summed E-state index contributed by atoms with van der Waals surface area (Å²) in [6.45, 7) is 4.84. The second-order valence-corrected chi connectivity index (χ2v) is 5.25. The predicted octanol–water partition coefficient (Wildman–Crippen LogP) is 2.41. The van der Waals surface area contributed by atoms with Crippen LogP contribution in [0.2, 0.25) is 0 Å². The quantitative estimate of drug-likeness (QED) is 0.658. The van der Waals surface area contributed by atoms with E-state index in [9.17, 15) is 4.79 Å². The van der Waals surface area contributed by atoms with Crippen LogP contribution in [0.15, 0.2) is 18.2 Å². The first-order valence-electron chi connectivity index (χ1n) is 6.88. The zero-order valence-electron chi connectivity index (χ0n) is 12.5. The van der Waals surface area contributed by atoms with Crippen molar-refractivity contribution in [3.05, 3.63) is 29.6 Å². The molecule has 0 aliphatic carbocycles. The minimum atomic E-state index is -0.373. The van der Waals surface area contributed by atoms with Gasteiger partial charge in [-0.3, -0.25) is 4.79 Å². The van der Waals surface area contributed by atoms with Crippen molar-refractivity contribution in [1.82, 2.24) is 14.9 Å². The maximum absolute atomic E-state index is 12.3. The molecule has 0 aliphatic rings. The number of nitrogens with zero attached hydrogens (tertiary/aromatic N) is 2. The monoisotopic (exact) mass is 309 g/mol. The number of imidazole rings is 1. The van der Waals surface area contributed by atoms with Crippen LogP contribution >= 0.6 is 11.6 Å². The number of hydrogen-bond donors (Lipinski definition) is 1. The van der Waals surface area contributed by atoms with Crippen molar-refractivity contribution in [2.24, 2.45) is 0 Å². The predicted molar refractivity (Wildman–Crippen MR) is 83.6 cm³/mol. The average Bonchev–Trinajstić information content (AvgIpc) is 2.84. The second-order valence-electron chi connectivity index (χ2n) is 4.98. The third-order valence-electron chi connectivity index (χ3n) is 3.41. The van der Waals surface area contributed by atoms with Gasteiger partial charge in [-0.25, -0.2) is 4.98 Å². The van der Waals surface area contributed by atoms with Crippen LogP contribution in [0.25, 0.3) is 11.0 Å². The van der Waals surface area contributed by atoms with Crippen LogP contribution in [0.5, 0.6) is 0 Å². The number of amides is 1. The van der Waals surface area contributed by atoms with Gasteiger partial charge in [0, 0.05) is 13.7 Å². The van der Waals surface area contributed by atoms with Crippen LogP contribution in [-0.2, 0) is 15.4 Å². The van der Waals surface area contributed by atoms with Gasteiger partial charge in [0.25, 0.3) is 0 Å². The first-order valence-corrected chi connectivity index (χ1v) is 7.42. The largest absolute Gasteiger partial charge is 0.383 e. The molecule has 0 bridgehead atoms. The van der Waals surface area contributed by atoms with Gasteiger partial charge in [0.15, 0.2) is 0 Å². The Morgan fingerprint density at radius 3 is 2.95 bits per heavy atom. The minimum Gasteiger partial charge on any atom is -0.383 e. The summed E-state index contributed by atoms with van der Waals surface area (Å²) < 4.78 is 6.84. The number of rotatable bonds is 6. The van der Waals surface area contributed by atoms with Crippen LogP contribution in [0, 0.1) is 6.92 Å². The van der Waals surface area contributed by atoms with Crippen molar-refractivity contribution >= 4 is 28.5 Å². The van der Waals surface area contributed by atoms with E-state index in [0.29, 0.717) is 19.0 Å². The molecule has 0 saturated carbocycles. The average molecular weight is 310 g/mol. The van der Waals surface area contributed by atoms with Crippen molar-refractivity contribution in [3.63, 3.8) is 0 Å². The number of methoxy groups -OCH3 is 1. The summed E-state index contributed by atoms with van der Waals surface area (Å²) in [5, 5.41) is 2.85. The molecule has 21 heavy (non-hydrogen) atoms. The fourth-order valence-corrected chi connectivity index (χ4v) is 2.51. The van der Waals surface area contributed by atoms with E-state index in [4.69, 9.17) is 16.3 Å². The Kier molecular flexibility index (Phi) is 5.20. The standard InChI is InChI=1S/C15H20ClN3O2/c1-10-4-5-12-13(8-10)19(14(9-16)18-12)11(2)15(20)17-6-7-21-3/h4-5,8,11H,6-7,9H2,1-3H3,(H,17,20). The highest BCUT2D eigenvalue weighted by Gasteiger charge is 2.20. The molecule has 1 aromatic carbocycles. The number of benzene rings is 1. The molecule has 1 atom stereocenters. The third-order valence-corrected chi connectivity index (χ3v) is 3.65. The van der Waals surface area contributed by atoms with Crippen LogP contribution in [-0.4, -0.2) is 35.7 Å². The molecule has 0 saturated heterocycles. The molecule has 2 aromatic rings. The maximum Gasteiger partial charge on any atom is 0.242 e. The van der Waals surface area contributed by atoms with Gasteiger partial charge in [-0.15, -0.1) is 11.6 Å². The van der Waals surface area contributed by atoms with Crippen LogP contribution in [0.1, 0.15) is 24.4 Å². The van der Waals surface area contributed by atoms with Gasteiger partial charge in [0.1, 0.15) is 11.9 Å². The Bertz CT molecular complexity index is 639. The Hall–Kier alpha value is -1.59. The molecule has 0 aliphatic heterocycles. The van der Waals surface area contributed by atoms with Gasteiger partial charge in [-0.1, -0.05) is 6.07 Å². The van der Waals surface area contributed by atoms with E-state index in [0.717, 1.165) is 16.6 Å². The minimum absolute atomic E-state index is 0.0702. The smallest absolute Gasteiger partial charge is 0.242 e. The fraction of sp³-hybridized carbons (Fsp3) is 0.467. The van der Waals surface area contributed by atoms with Crippen molar-refractivity contribution in [2.75, 3.05) is 20.3 Å². The summed E-state index contributed by atoms with van der Waals surface area (Å²) >= 11 is 5.98. The normalized spacial score (nSPS) is 12.6. The number of halogens is 1. The number of hydrogen-bond acceptors (Lipinski definition) is 3. The van der Waals surface area contributed by atoms with Gasteiger partial charge in [-0.2, -0.15) is 0 Å². The van der Waals surface area contributed by atoms with Gasteiger partial charge >= 0.3 is 0 Å². The number of carbonyl (C=O) groups is 1. The number of carbonyl (C=O) groups excluding carboxylic acids is 1. The van der Waals surface area contributed by atoms with Crippen molar-refractivity contribution in [2.45, 2.75) is 25.8 Å². The van der Waals surface area contributed by atoms with E-state index in [1.165, 1.54) is 0 Å². The number of aromatic nitrogens is 2. The van der Waals surface area contributed by atoms with Crippen LogP contribution in [0.3, 0.4) is 0 Å². The number of aryl methyl sites for hydroxylation is 1. The lowest BCUT2D eigenvalue weighted by Crippen LogP contribution is -2.33. The zero-order chi connectivity index (χ0) is 15.4. The second kappa shape index (κ2) is 6.91. The highest BCUT2D eigenvalue weighted by molar-refractivity contribution is 6.17. The molecule has 1 aromatic heterocycles. The first-order chi connectivity index (χ1) is 10.1. The molecule has 6 heteroatoms. The Morgan fingerprint density at radius 1 is 1.52 bits per heavy atom. The summed E-state index contributed by atoms with van der Waals surface area (Å²) in [4.78, 5) is 16.8. The number of ether oxygens (including phenoxy) is 1. The molecule has 1 heterocycles. The third kappa shape index (κ3) is 3.36. The van der Waals surface area contributed by atoms with Crippen molar-refractivity contribution in [1.29, 1.82) is 0 Å². The molecular weight excluding hydrogens is 290 g/mol. The number of nitrogens with one attached hydrogen (secondary N) is 1. The van der Waals surface area contributed by atoms with Gasteiger partial charge in [0.2, 0.25) is 5.91 Å². The number of fused-ring (bicyclic) bond motifs is 1. The van der Waals surface area contributed by atoms with E-state index >= 15 is 0 Å². The van der Waals surface area contributed by atoms with E-state index in [-0.39, 0.29) is 17.8 Å². The summed E-state index contributed by atoms with van der Waals surface area (Å²) in [5.41, 5.74) is 2.91. The topological polar surface area (TPSA) is 56.1 Å². The fourth-order valence-electron chi connectivity index (χ4n) is 2.32. The highest BCUT2D eigenvalue weighted by atomic mass is 35.5. The molecular formula is C15H20ClN3O2. The molecule has 5 nitrogen and oxygen atoms in total. The highest BCUT2D eigenvalue weighted by Crippen LogP contribution is 2.23. The van der Waals surface area contributed by atoms with E-state index in [2.05, 4.69) is 10.3 Å².